The highest BCUT2D eigenvalue weighted by Gasteiger charge is 2.47. The van der Waals surface area contributed by atoms with Crippen molar-refractivity contribution in [3.8, 4) is 0 Å². The first-order valence-corrected chi connectivity index (χ1v) is 10.7. The second-order valence-electron chi connectivity index (χ2n) is 6.16. The fraction of sp³-hybridized carbons (Fsp3) is 0.647. The standard InChI is InChI=1S/C17H27F2N2O4P/c1-3-26(24,4-2)17(25-16(18)19)10-8-13(9-11-17)12-21-15(23)7-5-6-14(20)22/h8-10,16H,3-7,11-12H2,1-2H3,(H2,20,22)(H,21,23). The van der Waals surface area contributed by atoms with Crippen LogP contribution >= 0.6 is 7.14 Å². The van der Waals surface area contributed by atoms with E-state index in [1.807, 2.05) is 0 Å². The van der Waals surface area contributed by atoms with Crippen molar-refractivity contribution >= 4 is 19.0 Å². The number of amides is 2. The van der Waals surface area contributed by atoms with Crippen molar-refractivity contribution in [2.24, 2.45) is 5.73 Å². The normalized spacial score (nSPS) is 20.1. The molecule has 0 saturated heterocycles. The molecule has 3 N–H and O–H groups in total. The average Bonchev–Trinajstić information content (AvgIpc) is 2.59. The van der Waals surface area contributed by atoms with Crippen molar-refractivity contribution in [1.82, 2.24) is 5.32 Å². The van der Waals surface area contributed by atoms with E-state index in [4.69, 9.17) is 10.5 Å². The molecule has 0 aromatic heterocycles. The van der Waals surface area contributed by atoms with Crippen LogP contribution in [0.15, 0.2) is 23.8 Å². The van der Waals surface area contributed by atoms with Gasteiger partial charge in [-0.1, -0.05) is 26.0 Å². The largest absolute Gasteiger partial charge is 0.370 e. The van der Waals surface area contributed by atoms with Crippen LogP contribution in [0.1, 0.15) is 39.5 Å². The first-order chi connectivity index (χ1) is 12.2. The Bertz CT molecular complexity index is 614. The molecule has 1 atom stereocenters. The molecule has 0 heterocycles. The molecular formula is C17H27F2N2O4P. The van der Waals surface area contributed by atoms with Gasteiger partial charge in [-0.3, -0.25) is 9.59 Å². The summed E-state index contributed by atoms with van der Waals surface area (Å²) < 4.78 is 43.7. The lowest BCUT2D eigenvalue weighted by atomic mass is 10.0. The maximum atomic E-state index is 13.1. The Balaban J connectivity index is 2.69. The van der Waals surface area contributed by atoms with E-state index in [0.717, 1.165) is 5.57 Å². The third-order valence-corrected chi connectivity index (χ3v) is 8.40. The molecule has 1 unspecified atom stereocenters. The van der Waals surface area contributed by atoms with E-state index < -0.39 is 25.0 Å². The third-order valence-electron chi connectivity index (χ3n) is 4.54. The van der Waals surface area contributed by atoms with E-state index in [1.165, 1.54) is 6.08 Å². The van der Waals surface area contributed by atoms with Crippen molar-refractivity contribution in [3.05, 3.63) is 23.8 Å². The van der Waals surface area contributed by atoms with Gasteiger partial charge in [0.15, 0.2) is 0 Å². The zero-order chi connectivity index (χ0) is 19.8. The third kappa shape index (κ3) is 6.02. The maximum Gasteiger partial charge on any atom is 0.346 e. The Kier molecular flexibility index (Phi) is 8.63. The summed E-state index contributed by atoms with van der Waals surface area (Å²) in [5, 5.41) is 1.19. The van der Waals surface area contributed by atoms with Crippen molar-refractivity contribution in [3.63, 3.8) is 0 Å². The smallest absolute Gasteiger partial charge is 0.346 e. The quantitative estimate of drug-likeness (QED) is 0.528. The molecule has 1 rings (SSSR count). The zero-order valence-electron chi connectivity index (χ0n) is 15.2. The lowest BCUT2D eigenvalue weighted by Gasteiger charge is -2.38. The van der Waals surface area contributed by atoms with Crippen LogP contribution in [0.25, 0.3) is 0 Å². The van der Waals surface area contributed by atoms with Crippen LogP contribution < -0.4 is 11.1 Å². The molecule has 0 aliphatic heterocycles. The fourth-order valence-corrected chi connectivity index (χ4v) is 5.45. The summed E-state index contributed by atoms with van der Waals surface area (Å²) in [6.07, 6.45) is 5.99. The monoisotopic (exact) mass is 392 g/mol. The molecule has 0 aromatic carbocycles. The van der Waals surface area contributed by atoms with Gasteiger partial charge in [-0.05, 0) is 18.1 Å². The summed E-state index contributed by atoms with van der Waals surface area (Å²) in [5.41, 5.74) is 5.73. The summed E-state index contributed by atoms with van der Waals surface area (Å²) in [5.74, 6) is -0.684. The van der Waals surface area contributed by atoms with E-state index in [1.54, 1.807) is 26.0 Å². The molecule has 148 valence electrons. The molecule has 2 amide bonds. The SMILES string of the molecule is CCP(=O)(CC)C1(OC(F)F)C=CC(CNC(=O)CCCC(N)=O)=CC1. The van der Waals surface area contributed by atoms with Crippen LogP contribution in [0.5, 0.6) is 0 Å². The molecule has 9 heteroatoms. The number of nitrogens with one attached hydrogen (secondary N) is 1. The van der Waals surface area contributed by atoms with Gasteiger partial charge in [-0.25, -0.2) is 0 Å². The van der Waals surface area contributed by atoms with Crippen LogP contribution in [-0.4, -0.2) is 42.6 Å². The highest BCUT2D eigenvalue weighted by Crippen LogP contribution is 2.62. The van der Waals surface area contributed by atoms with E-state index in [0.29, 0.717) is 6.42 Å². The van der Waals surface area contributed by atoms with Gasteiger partial charge in [0.1, 0.15) is 12.5 Å². The van der Waals surface area contributed by atoms with Gasteiger partial charge < -0.3 is 20.4 Å². The van der Waals surface area contributed by atoms with Crippen LogP contribution in [0, 0.1) is 0 Å². The zero-order valence-corrected chi connectivity index (χ0v) is 16.1. The molecule has 1 aliphatic rings. The maximum absolute atomic E-state index is 13.1. The number of carbonyl (C=O) groups excluding carboxylic acids is 2. The number of hydrogen-bond acceptors (Lipinski definition) is 4. The second kappa shape index (κ2) is 9.97. The Labute approximate surface area is 152 Å². The summed E-state index contributed by atoms with van der Waals surface area (Å²) >= 11 is 0. The predicted molar refractivity (Wildman–Crippen MR) is 96.4 cm³/mol. The van der Waals surface area contributed by atoms with Crippen LogP contribution in [0.4, 0.5) is 8.78 Å². The molecule has 1 aliphatic carbocycles. The van der Waals surface area contributed by atoms with Gasteiger partial charge in [0, 0.05) is 38.1 Å². The van der Waals surface area contributed by atoms with Crippen molar-refractivity contribution in [2.75, 3.05) is 18.9 Å². The Morgan fingerprint density at radius 2 is 2.00 bits per heavy atom. The number of carbonyl (C=O) groups is 2. The summed E-state index contributed by atoms with van der Waals surface area (Å²) in [7, 11) is -2.99. The molecule has 0 spiro atoms. The number of nitrogens with two attached hydrogens (primary N) is 1. The Morgan fingerprint density at radius 3 is 2.46 bits per heavy atom. The van der Waals surface area contributed by atoms with Gasteiger partial charge in [-0.15, -0.1) is 0 Å². The molecule has 0 radical (unpaired) electrons. The van der Waals surface area contributed by atoms with Crippen LogP contribution in [0.3, 0.4) is 0 Å². The second-order valence-corrected chi connectivity index (χ2v) is 9.96. The summed E-state index contributed by atoms with van der Waals surface area (Å²) in [4.78, 5) is 22.3. The lowest BCUT2D eigenvalue weighted by molar-refractivity contribution is -0.164. The molecule has 26 heavy (non-hydrogen) atoms. The molecule has 0 fully saturated rings. The van der Waals surface area contributed by atoms with E-state index >= 15 is 0 Å². The van der Waals surface area contributed by atoms with Crippen LogP contribution in [0.2, 0.25) is 0 Å². The van der Waals surface area contributed by atoms with Crippen molar-refractivity contribution in [1.29, 1.82) is 0 Å². The highest BCUT2D eigenvalue weighted by atomic mass is 31.2. The minimum Gasteiger partial charge on any atom is -0.370 e. The minimum absolute atomic E-state index is 0.0691. The first-order valence-electron chi connectivity index (χ1n) is 8.65. The van der Waals surface area contributed by atoms with Gasteiger partial charge in [-0.2, -0.15) is 8.78 Å². The van der Waals surface area contributed by atoms with Gasteiger partial charge in [0.2, 0.25) is 11.8 Å². The summed E-state index contributed by atoms with van der Waals surface area (Å²) in [6, 6.07) is 0. The number of halogens is 2. The Hall–Kier alpha value is -1.53. The first kappa shape index (κ1) is 22.5. The van der Waals surface area contributed by atoms with E-state index in [-0.39, 0.29) is 44.0 Å². The number of hydrogen-bond donors (Lipinski definition) is 2. The van der Waals surface area contributed by atoms with Crippen LogP contribution in [-0.2, 0) is 18.9 Å². The topological polar surface area (TPSA) is 98.5 Å². The Morgan fingerprint density at radius 1 is 1.35 bits per heavy atom. The predicted octanol–water partition coefficient (Wildman–Crippen LogP) is 2.98. The summed E-state index contributed by atoms with van der Waals surface area (Å²) in [6.45, 7) is 0.616. The van der Waals surface area contributed by atoms with Gasteiger partial charge in [0.05, 0.1) is 0 Å². The number of rotatable bonds is 11. The highest BCUT2D eigenvalue weighted by molar-refractivity contribution is 7.65. The number of primary amides is 1. The molecule has 6 nitrogen and oxygen atoms in total. The average molecular weight is 392 g/mol. The number of ether oxygens (including phenoxy) is 1. The number of alkyl halides is 2. The van der Waals surface area contributed by atoms with Crippen molar-refractivity contribution < 1.29 is 27.7 Å². The lowest BCUT2D eigenvalue weighted by Crippen LogP contribution is -2.35. The fourth-order valence-electron chi connectivity index (χ4n) is 2.89. The minimum atomic E-state index is -3.02. The van der Waals surface area contributed by atoms with E-state index in [2.05, 4.69) is 5.32 Å². The molecule has 0 aromatic rings. The molecule has 0 saturated carbocycles. The van der Waals surface area contributed by atoms with Crippen molar-refractivity contribution in [2.45, 2.75) is 51.5 Å². The molecular weight excluding hydrogens is 365 g/mol. The molecule has 0 bridgehead atoms. The van der Waals surface area contributed by atoms with Gasteiger partial charge >= 0.3 is 6.61 Å². The van der Waals surface area contributed by atoms with E-state index in [9.17, 15) is 22.9 Å². The van der Waals surface area contributed by atoms with Gasteiger partial charge in [0.25, 0.3) is 0 Å².